The predicted molar refractivity (Wildman–Crippen MR) is 256 cm³/mol. The van der Waals surface area contributed by atoms with Crippen LogP contribution in [0, 0.1) is 0 Å². The van der Waals surface area contributed by atoms with E-state index >= 15 is 0 Å². The highest BCUT2D eigenvalue weighted by Crippen LogP contribution is 2.42. The highest BCUT2D eigenvalue weighted by Gasteiger charge is 2.21. The van der Waals surface area contributed by atoms with Crippen LogP contribution in [0.4, 0.5) is 0 Å². The third-order valence-corrected chi connectivity index (χ3v) is 13.6. The molecule has 0 amide bonds. The molecule has 3 aromatic heterocycles. The van der Waals surface area contributed by atoms with Crippen LogP contribution in [0.5, 0.6) is 0 Å². The molecule has 3 heterocycles. The van der Waals surface area contributed by atoms with Crippen LogP contribution >= 0.6 is 11.3 Å². The fraction of sp³-hybridized carbons (Fsp3) is 0.143. The molecule has 0 aliphatic rings. The van der Waals surface area contributed by atoms with E-state index in [1.54, 1.807) is 0 Å². The van der Waals surface area contributed by atoms with Crippen LogP contribution in [0.1, 0.15) is 52.7 Å². The Kier molecular flexibility index (Phi) is 7.90. The van der Waals surface area contributed by atoms with E-state index in [2.05, 4.69) is 221 Å². The highest BCUT2D eigenvalue weighted by molar-refractivity contribution is 7.25. The summed E-state index contributed by atoms with van der Waals surface area (Å²) in [7, 11) is 0. The number of para-hydroxylation sites is 1. The average Bonchev–Trinajstić information content (AvgIpc) is 3.89. The summed E-state index contributed by atoms with van der Waals surface area (Å²) in [5.41, 5.74) is 15.0. The van der Waals surface area contributed by atoms with Gasteiger partial charge in [0.2, 0.25) is 0 Å². The molecule has 0 spiro atoms. The van der Waals surface area contributed by atoms with Crippen molar-refractivity contribution in [2.75, 3.05) is 0 Å². The van der Waals surface area contributed by atoms with Crippen molar-refractivity contribution in [3.63, 3.8) is 0 Å². The molecule has 8 aromatic carbocycles. The van der Waals surface area contributed by atoms with Crippen LogP contribution < -0.4 is 0 Å². The van der Waals surface area contributed by atoms with Gasteiger partial charge >= 0.3 is 0 Å². The largest absolute Gasteiger partial charge is 0.309 e. The molecule has 11 rings (SSSR count). The topological polar surface area (TPSA) is 9.86 Å². The molecule has 0 atom stereocenters. The van der Waals surface area contributed by atoms with Gasteiger partial charge in [0, 0.05) is 53.1 Å². The van der Waals surface area contributed by atoms with Gasteiger partial charge < -0.3 is 9.13 Å². The first kappa shape index (κ1) is 35.7. The second-order valence-corrected chi connectivity index (χ2v) is 19.4. The number of hydrogen-bond acceptors (Lipinski definition) is 1. The maximum atomic E-state index is 2.43. The van der Waals surface area contributed by atoms with Crippen molar-refractivity contribution in [1.82, 2.24) is 9.13 Å². The molecule has 11 aromatic rings. The lowest BCUT2D eigenvalue weighted by molar-refractivity contribution is 0.590. The van der Waals surface area contributed by atoms with E-state index in [0.29, 0.717) is 0 Å². The second kappa shape index (κ2) is 13.0. The van der Waals surface area contributed by atoms with E-state index in [0.717, 1.165) is 0 Å². The Labute approximate surface area is 349 Å². The molecule has 0 saturated heterocycles. The molecule has 0 aliphatic carbocycles. The van der Waals surface area contributed by atoms with Crippen molar-refractivity contribution in [3.8, 4) is 33.6 Å². The summed E-state index contributed by atoms with van der Waals surface area (Å²) in [6, 6.07) is 63.6. The summed E-state index contributed by atoms with van der Waals surface area (Å²) in [5.74, 6) is 0. The standard InChI is InChI=1S/C56H46N2S/c1-55(2,3)39-23-29-50-45(31-39)46-32-40(56(4,5)6)24-30-51(46)57(50)41-25-19-37(20-26-41)35-15-17-36(18-16-35)38-21-27-42(28-22-38)58-49-13-9-7-11-43(49)47-34-54-48(33-52(47)58)44-12-8-10-14-53(44)59-54/h7-34H,1-6H3. The molecule has 286 valence electrons. The molecule has 3 heteroatoms. The third kappa shape index (κ3) is 5.82. The second-order valence-electron chi connectivity index (χ2n) is 18.3. The SMILES string of the molecule is CC(C)(C)c1ccc2c(c1)c1cc(C(C)(C)C)ccc1n2-c1ccc(-c2ccc(-c3ccc(-n4c5ccccc5c5cc6sc7ccccc7c6cc54)cc3)cc2)cc1. The highest BCUT2D eigenvalue weighted by atomic mass is 32.1. The summed E-state index contributed by atoms with van der Waals surface area (Å²) < 4.78 is 7.54. The molecule has 0 radical (unpaired) electrons. The van der Waals surface area contributed by atoms with Gasteiger partial charge in [-0.05, 0) is 117 Å². The van der Waals surface area contributed by atoms with Gasteiger partial charge in [-0.3, -0.25) is 0 Å². The van der Waals surface area contributed by atoms with Crippen molar-refractivity contribution in [1.29, 1.82) is 0 Å². The first-order valence-electron chi connectivity index (χ1n) is 20.7. The maximum absolute atomic E-state index is 2.43. The van der Waals surface area contributed by atoms with Crippen molar-refractivity contribution in [2.24, 2.45) is 0 Å². The van der Waals surface area contributed by atoms with Crippen LogP contribution in [0.3, 0.4) is 0 Å². The van der Waals surface area contributed by atoms with Crippen molar-refractivity contribution < 1.29 is 0 Å². The summed E-state index contributed by atoms with van der Waals surface area (Å²) in [4.78, 5) is 0. The van der Waals surface area contributed by atoms with Gasteiger partial charge in [-0.25, -0.2) is 0 Å². The smallest absolute Gasteiger partial charge is 0.0548 e. The molecule has 0 bridgehead atoms. The Balaban J connectivity index is 0.914. The number of hydrogen-bond donors (Lipinski definition) is 0. The summed E-state index contributed by atoms with van der Waals surface area (Å²) in [6.07, 6.45) is 0. The third-order valence-electron chi connectivity index (χ3n) is 12.5. The van der Waals surface area contributed by atoms with Crippen LogP contribution in [0.25, 0.3) is 97.4 Å². The summed E-state index contributed by atoms with van der Waals surface area (Å²) in [6.45, 7) is 13.8. The van der Waals surface area contributed by atoms with E-state index in [9.17, 15) is 0 Å². The number of thiophene rings is 1. The van der Waals surface area contributed by atoms with Gasteiger partial charge in [0.05, 0.1) is 22.1 Å². The van der Waals surface area contributed by atoms with E-state index in [4.69, 9.17) is 0 Å². The molecule has 0 N–H and O–H groups in total. The van der Waals surface area contributed by atoms with Gasteiger partial charge in [0.1, 0.15) is 0 Å². The van der Waals surface area contributed by atoms with Crippen molar-refractivity contribution in [2.45, 2.75) is 52.4 Å². The Bertz CT molecular complexity index is 3340. The average molecular weight is 779 g/mol. The first-order chi connectivity index (χ1) is 28.5. The van der Waals surface area contributed by atoms with E-state index in [1.165, 1.54) is 109 Å². The first-order valence-corrected chi connectivity index (χ1v) is 21.6. The number of fused-ring (bicyclic) bond motifs is 9. The van der Waals surface area contributed by atoms with Crippen molar-refractivity contribution >= 4 is 75.1 Å². The molecule has 0 aliphatic heterocycles. The Hall–Kier alpha value is -6.42. The Morgan fingerprint density at radius 3 is 1.27 bits per heavy atom. The zero-order valence-electron chi connectivity index (χ0n) is 34.5. The van der Waals surface area contributed by atoms with Gasteiger partial charge in [-0.15, -0.1) is 11.3 Å². The molecule has 0 fully saturated rings. The van der Waals surface area contributed by atoms with Crippen LogP contribution in [-0.2, 0) is 10.8 Å². The zero-order valence-corrected chi connectivity index (χ0v) is 35.3. The molecular weight excluding hydrogens is 733 g/mol. The van der Waals surface area contributed by atoms with Gasteiger partial charge in [0.15, 0.2) is 0 Å². The summed E-state index contributed by atoms with van der Waals surface area (Å²) >= 11 is 1.88. The van der Waals surface area contributed by atoms with E-state index in [1.807, 2.05) is 11.3 Å². The van der Waals surface area contributed by atoms with Gasteiger partial charge in [-0.1, -0.05) is 139 Å². The lowest BCUT2D eigenvalue weighted by atomic mass is 9.85. The lowest BCUT2D eigenvalue weighted by Crippen LogP contribution is -2.10. The molecule has 2 nitrogen and oxygen atoms in total. The molecule has 0 saturated carbocycles. The molecule has 0 unspecified atom stereocenters. The minimum absolute atomic E-state index is 0.0757. The summed E-state index contributed by atoms with van der Waals surface area (Å²) in [5, 5.41) is 7.86. The Morgan fingerprint density at radius 2 is 0.746 bits per heavy atom. The normalized spacial score (nSPS) is 12.6. The minimum Gasteiger partial charge on any atom is -0.309 e. The lowest BCUT2D eigenvalue weighted by Gasteiger charge is -2.19. The van der Waals surface area contributed by atoms with Crippen LogP contribution in [0.15, 0.2) is 170 Å². The minimum atomic E-state index is 0.0757. The number of benzene rings is 8. The predicted octanol–water partition coefficient (Wildman–Crippen LogP) is 16.2. The van der Waals surface area contributed by atoms with Gasteiger partial charge in [0.25, 0.3) is 0 Å². The quantitative estimate of drug-likeness (QED) is 0.168. The Morgan fingerprint density at radius 1 is 0.322 bits per heavy atom. The zero-order chi connectivity index (χ0) is 40.2. The fourth-order valence-corrected chi connectivity index (χ4v) is 10.3. The maximum Gasteiger partial charge on any atom is 0.0548 e. The monoisotopic (exact) mass is 778 g/mol. The molecule has 59 heavy (non-hydrogen) atoms. The molecular formula is C56H46N2S. The van der Waals surface area contributed by atoms with Crippen LogP contribution in [-0.4, -0.2) is 9.13 Å². The van der Waals surface area contributed by atoms with Crippen molar-refractivity contribution in [3.05, 3.63) is 181 Å². The number of aromatic nitrogens is 2. The fourth-order valence-electron chi connectivity index (χ4n) is 9.16. The van der Waals surface area contributed by atoms with Crippen LogP contribution in [0.2, 0.25) is 0 Å². The number of nitrogens with zero attached hydrogens (tertiary/aromatic N) is 2. The number of rotatable bonds is 4. The van der Waals surface area contributed by atoms with Gasteiger partial charge in [-0.2, -0.15) is 0 Å². The van der Waals surface area contributed by atoms with E-state index in [-0.39, 0.29) is 10.8 Å². The van der Waals surface area contributed by atoms with E-state index < -0.39 is 0 Å².